The summed E-state index contributed by atoms with van der Waals surface area (Å²) < 4.78 is 6.71. The van der Waals surface area contributed by atoms with E-state index in [2.05, 4.69) is 48.9 Å². The van der Waals surface area contributed by atoms with Crippen LogP contribution in [0.5, 0.6) is 0 Å². The molecule has 1 N–H and O–H groups in total. The van der Waals surface area contributed by atoms with E-state index < -0.39 is 0 Å². The minimum Gasteiger partial charge on any atom is -0.378 e. The molecule has 1 aliphatic rings. The van der Waals surface area contributed by atoms with Crippen LogP contribution in [0.2, 0.25) is 0 Å². The van der Waals surface area contributed by atoms with Crippen molar-refractivity contribution < 1.29 is 4.74 Å². The molecule has 1 atom stereocenters. The van der Waals surface area contributed by atoms with E-state index in [0.717, 1.165) is 60.6 Å². The second-order valence-electron chi connectivity index (χ2n) is 6.67. The number of anilines is 1. The van der Waals surface area contributed by atoms with Gasteiger partial charge in [0.15, 0.2) is 0 Å². The molecule has 0 amide bonds. The summed E-state index contributed by atoms with van der Waals surface area (Å²) in [5.74, 6) is 1.79. The van der Waals surface area contributed by atoms with E-state index in [1.54, 1.807) is 0 Å². The molecule has 1 fully saturated rings. The molecular formula is C16H26BrN3O. The first-order valence-corrected chi connectivity index (χ1v) is 8.63. The molecule has 1 unspecified atom stereocenters. The van der Waals surface area contributed by atoms with Crippen molar-refractivity contribution in [1.82, 2.24) is 9.97 Å². The predicted octanol–water partition coefficient (Wildman–Crippen LogP) is 4.08. The summed E-state index contributed by atoms with van der Waals surface area (Å²) in [6.45, 7) is 10.5. The molecule has 118 valence electrons. The fourth-order valence-electron chi connectivity index (χ4n) is 2.45. The lowest BCUT2D eigenvalue weighted by atomic mass is 9.91. The number of aromatic nitrogens is 2. The van der Waals surface area contributed by atoms with Crippen LogP contribution < -0.4 is 5.32 Å². The highest BCUT2D eigenvalue weighted by molar-refractivity contribution is 9.10. The minimum atomic E-state index is -0.0182. The molecule has 1 aromatic heterocycles. The van der Waals surface area contributed by atoms with Gasteiger partial charge in [0.1, 0.15) is 11.6 Å². The monoisotopic (exact) mass is 355 g/mol. The Balaban J connectivity index is 2.30. The number of halogens is 1. The van der Waals surface area contributed by atoms with Gasteiger partial charge in [0, 0.05) is 25.0 Å². The van der Waals surface area contributed by atoms with Gasteiger partial charge >= 0.3 is 0 Å². The standard InChI is InChI=1S/C16H26BrN3O/c1-5-8-18-15-13(17)14(16(2,3)4)19-12(20-15)10-11-7-6-9-21-11/h11H,5-10H2,1-4H3,(H,18,19,20). The third-order valence-electron chi connectivity index (χ3n) is 3.58. The van der Waals surface area contributed by atoms with Crippen molar-refractivity contribution in [3.8, 4) is 0 Å². The summed E-state index contributed by atoms with van der Waals surface area (Å²) in [4.78, 5) is 9.50. The van der Waals surface area contributed by atoms with Crippen LogP contribution >= 0.6 is 15.9 Å². The van der Waals surface area contributed by atoms with Gasteiger partial charge in [-0.3, -0.25) is 0 Å². The van der Waals surface area contributed by atoms with E-state index in [4.69, 9.17) is 14.7 Å². The van der Waals surface area contributed by atoms with Crippen LogP contribution in [-0.2, 0) is 16.6 Å². The van der Waals surface area contributed by atoms with Gasteiger partial charge < -0.3 is 10.1 Å². The molecule has 0 aromatic carbocycles. The Morgan fingerprint density at radius 2 is 2.10 bits per heavy atom. The average molecular weight is 356 g/mol. The van der Waals surface area contributed by atoms with Crippen molar-refractivity contribution in [2.24, 2.45) is 0 Å². The summed E-state index contributed by atoms with van der Waals surface area (Å²) in [7, 11) is 0. The molecule has 4 nitrogen and oxygen atoms in total. The number of hydrogen-bond donors (Lipinski definition) is 1. The van der Waals surface area contributed by atoms with Crippen LogP contribution in [0.1, 0.15) is 58.5 Å². The van der Waals surface area contributed by atoms with Crippen molar-refractivity contribution in [3.05, 3.63) is 16.0 Å². The Kier molecular flexibility index (Phi) is 5.60. The highest BCUT2D eigenvalue weighted by Crippen LogP contribution is 2.33. The molecule has 1 saturated heterocycles. The Morgan fingerprint density at radius 1 is 1.33 bits per heavy atom. The number of hydrogen-bond acceptors (Lipinski definition) is 4. The second-order valence-corrected chi connectivity index (χ2v) is 7.46. The first-order chi connectivity index (χ1) is 9.91. The average Bonchev–Trinajstić information content (AvgIpc) is 2.90. The molecule has 5 heteroatoms. The van der Waals surface area contributed by atoms with Crippen LogP contribution in [0.15, 0.2) is 4.47 Å². The third-order valence-corrected chi connectivity index (χ3v) is 4.34. The van der Waals surface area contributed by atoms with Crippen molar-refractivity contribution >= 4 is 21.7 Å². The summed E-state index contributed by atoms with van der Waals surface area (Å²) in [5, 5.41) is 3.40. The van der Waals surface area contributed by atoms with E-state index in [1.807, 2.05) is 0 Å². The summed E-state index contributed by atoms with van der Waals surface area (Å²) in [6.07, 6.45) is 4.41. The smallest absolute Gasteiger partial charge is 0.144 e. The van der Waals surface area contributed by atoms with Gasteiger partial charge in [-0.1, -0.05) is 27.7 Å². The largest absolute Gasteiger partial charge is 0.378 e. The van der Waals surface area contributed by atoms with Crippen LogP contribution in [0, 0.1) is 0 Å². The van der Waals surface area contributed by atoms with E-state index in [1.165, 1.54) is 0 Å². The Labute approximate surface area is 136 Å². The van der Waals surface area contributed by atoms with Gasteiger partial charge in [-0.05, 0) is 35.2 Å². The molecule has 0 radical (unpaired) electrons. The Bertz CT molecular complexity index is 479. The molecule has 2 rings (SSSR count). The first-order valence-electron chi connectivity index (χ1n) is 7.84. The van der Waals surface area contributed by atoms with Crippen molar-refractivity contribution in [1.29, 1.82) is 0 Å². The maximum atomic E-state index is 5.72. The zero-order valence-electron chi connectivity index (χ0n) is 13.5. The van der Waals surface area contributed by atoms with E-state index in [-0.39, 0.29) is 11.5 Å². The van der Waals surface area contributed by atoms with Crippen LogP contribution in [0.3, 0.4) is 0 Å². The van der Waals surface area contributed by atoms with Crippen LogP contribution in [-0.4, -0.2) is 29.2 Å². The molecule has 0 bridgehead atoms. The van der Waals surface area contributed by atoms with Gasteiger partial charge in [0.05, 0.1) is 16.3 Å². The highest BCUT2D eigenvalue weighted by atomic mass is 79.9. The van der Waals surface area contributed by atoms with Gasteiger partial charge in [0.25, 0.3) is 0 Å². The minimum absolute atomic E-state index is 0.0182. The Hall–Kier alpha value is -0.680. The lowest BCUT2D eigenvalue weighted by Crippen LogP contribution is -2.20. The lowest BCUT2D eigenvalue weighted by molar-refractivity contribution is 0.110. The molecule has 0 spiro atoms. The lowest BCUT2D eigenvalue weighted by Gasteiger charge is -2.22. The van der Waals surface area contributed by atoms with E-state index >= 15 is 0 Å². The third kappa shape index (κ3) is 4.39. The molecule has 1 aliphatic heterocycles. The fraction of sp³-hybridized carbons (Fsp3) is 0.750. The van der Waals surface area contributed by atoms with Gasteiger partial charge in [-0.15, -0.1) is 0 Å². The van der Waals surface area contributed by atoms with Gasteiger partial charge in [-0.2, -0.15) is 0 Å². The molecule has 1 aromatic rings. The predicted molar refractivity (Wildman–Crippen MR) is 89.9 cm³/mol. The second kappa shape index (κ2) is 7.05. The maximum Gasteiger partial charge on any atom is 0.144 e. The number of nitrogens with zero attached hydrogens (tertiary/aromatic N) is 2. The zero-order valence-corrected chi connectivity index (χ0v) is 15.1. The van der Waals surface area contributed by atoms with Crippen molar-refractivity contribution in [3.63, 3.8) is 0 Å². The molecular weight excluding hydrogens is 330 g/mol. The normalized spacial score (nSPS) is 19.0. The summed E-state index contributed by atoms with van der Waals surface area (Å²) in [5.41, 5.74) is 1.04. The quantitative estimate of drug-likeness (QED) is 0.864. The maximum absolute atomic E-state index is 5.72. The Morgan fingerprint density at radius 3 is 2.67 bits per heavy atom. The van der Waals surface area contributed by atoms with Gasteiger partial charge in [-0.25, -0.2) is 9.97 Å². The van der Waals surface area contributed by atoms with Crippen molar-refractivity contribution in [2.75, 3.05) is 18.5 Å². The topological polar surface area (TPSA) is 47.0 Å². The molecule has 0 aliphatic carbocycles. The molecule has 2 heterocycles. The first kappa shape index (κ1) is 16.7. The number of rotatable bonds is 5. The van der Waals surface area contributed by atoms with Gasteiger partial charge in [0.2, 0.25) is 0 Å². The number of nitrogens with one attached hydrogen (secondary N) is 1. The van der Waals surface area contributed by atoms with Crippen LogP contribution in [0.25, 0.3) is 0 Å². The van der Waals surface area contributed by atoms with Crippen molar-refractivity contribution in [2.45, 2.75) is 64.9 Å². The SMILES string of the molecule is CCCNc1nc(CC2CCCO2)nc(C(C)(C)C)c1Br. The molecule has 0 saturated carbocycles. The summed E-state index contributed by atoms with van der Waals surface area (Å²) >= 11 is 3.68. The molecule has 21 heavy (non-hydrogen) atoms. The number of ether oxygens (including phenoxy) is 1. The summed E-state index contributed by atoms with van der Waals surface area (Å²) in [6, 6.07) is 0. The van der Waals surface area contributed by atoms with E-state index in [0.29, 0.717) is 0 Å². The fourth-order valence-corrected chi connectivity index (χ4v) is 3.36. The highest BCUT2D eigenvalue weighted by Gasteiger charge is 2.25. The zero-order chi connectivity index (χ0) is 15.5. The van der Waals surface area contributed by atoms with E-state index in [9.17, 15) is 0 Å². The van der Waals surface area contributed by atoms with Crippen LogP contribution in [0.4, 0.5) is 5.82 Å².